The summed E-state index contributed by atoms with van der Waals surface area (Å²) >= 11 is 0.970. The molecule has 2 rings (SSSR count). The van der Waals surface area contributed by atoms with Crippen molar-refractivity contribution in [2.45, 2.75) is 40.5 Å². The zero-order valence-corrected chi connectivity index (χ0v) is 18.6. The number of hydrogen-bond donors (Lipinski definition) is 1. The maximum absolute atomic E-state index is 12.8. The molecule has 30 heavy (non-hydrogen) atoms. The summed E-state index contributed by atoms with van der Waals surface area (Å²) in [6.45, 7) is 8.05. The number of piperidine rings is 1. The number of urea groups is 1. The molecule has 1 aliphatic rings. The molecule has 2 amide bonds. The number of esters is 3. The van der Waals surface area contributed by atoms with Crippen LogP contribution in [0.15, 0.2) is 0 Å². The molecule has 1 aromatic heterocycles. The minimum Gasteiger partial charge on any atom is -0.466 e. The summed E-state index contributed by atoms with van der Waals surface area (Å²) in [6.07, 6.45) is 1.32. The topological polar surface area (TPSA) is 111 Å². The van der Waals surface area contributed by atoms with Gasteiger partial charge in [0.05, 0.1) is 31.3 Å². The second-order valence-electron chi connectivity index (χ2n) is 6.67. The van der Waals surface area contributed by atoms with Gasteiger partial charge in [0, 0.05) is 13.1 Å². The lowest BCUT2D eigenvalue weighted by Gasteiger charge is -2.31. The molecule has 1 saturated heterocycles. The molecular weight excluding hydrogens is 412 g/mol. The van der Waals surface area contributed by atoms with E-state index in [1.165, 1.54) is 4.90 Å². The molecule has 1 fully saturated rings. The lowest BCUT2D eigenvalue weighted by Crippen LogP contribution is -2.44. The van der Waals surface area contributed by atoms with Crippen molar-refractivity contribution in [3.63, 3.8) is 0 Å². The molecule has 10 heteroatoms. The van der Waals surface area contributed by atoms with Crippen LogP contribution in [0.5, 0.6) is 0 Å². The van der Waals surface area contributed by atoms with Crippen molar-refractivity contribution in [3.05, 3.63) is 16.0 Å². The standard InChI is InChI=1S/C20H28N2O7S/c1-5-27-17(23)13-9-8-10-22(11-13)20(26)21-16-14(18(24)28-6-2)12(4)15(30-16)19(25)29-7-3/h13H,5-11H2,1-4H3,(H,21,26)/t13-/m0/s1. The van der Waals surface area contributed by atoms with E-state index < -0.39 is 18.0 Å². The van der Waals surface area contributed by atoms with Crippen LogP contribution in [0.1, 0.15) is 59.2 Å². The highest BCUT2D eigenvalue weighted by atomic mass is 32.1. The lowest BCUT2D eigenvalue weighted by molar-refractivity contribution is -0.149. The van der Waals surface area contributed by atoms with Gasteiger partial charge in [-0.1, -0.05) is 0 Å². The van der Waals surface area contributed by atoms with E-state index in [1.807, 2.05) is 0 Å². The van der Waals surface area contributed by atoms with E-state index in [9.17, 15) is 19.2 Å². The Labute approximate surface area is 179 Å². The van der Waals surface area contributed by atoms with Crippen molar-refractivity contribution in [2.24, 2.45) is 5.92 Å². The van der Waals surface area contributed by atoms with Gasteiger partial charge in [-0.2, -0.15) is 0 Å². The van der Waals surface area contributed by atoms with Gasteiger partial charge in [-0.15, -0.1) is 11.3 Å². The SMILES string of the molecule is CCOC(=O)c1sc(NC(=O)N2CCC[C@H](C(=O)OCC)C2)c(C(=O)OCC)c1C. The molecule has 1 atom stereocenters. The molecule has 1 aromatic rings. The molecule has 2 heterocycles. The van der Waals surface area contributed by atoms with Crippen LogP contribution in [-0.4, -0.2) is 61.7 Å². The minimum absolute atomic E-state index is 0.136. The van der Waals surface area contributed by atoms with Crippen LogP contribution in [0.3, 0.4) is 0 Å². The molecule has 0 saturated carbocycles. The predicted octanol–water partition coefficient (Wildman–Crippen LogP) is 3.22. The highest BCUT2D eigenvalue weighted by molar-refractivity contribution is 7.18. The first-order valence-electron chi connectivity index (χ1n) is 10.0. The Morgan fingerprint density at radius 3 is 2.30 bits per heavy atom. The van der Waals surface area contributed by atoms with Gasteiger partial charge in [-0.05, 0) is 46.1 Å². The largest absolute Gasteiger partial charge is 0.466 e. The number of anilines is 1. The third kappa shape index (κ3) is 5.50. The third-order valence-electron chi connectivity index (χ3n) is 4.64. The number of ether oxygens (including phenoxy) is 3. The first-order chi connectivity index (χ1) is 14.3. The van der Waals surface area contributed by atoms with Crippen LogP contribution in [0, 0.1) is 12.8 Å². The average molecular weight is 441 g/mol. The van der Waals surface area contributed by atoms with Gasteiger partial charge in [0.25, 0.3) is 0 Å². The number of nitrogens with one attached hydrogen (secondary N) is 1. The van der Waals surface area contributed by atoms with Crippen molar-refractivity contribution in [2.75, 3.05) is 38.2 Å². The molecule has 9 nitrogen and oxygen atoms in total. The second kappa shape index (κ2) is 11.0. The van der Waals surface area contributed by atoms with Crippen molar-refractivity contribution in [3.8, 4) is 0 Å². The number of thiophene rings is 1. The quantitative estimate of drug-likeness (QED) is 0.512. The van der Waals surface area contributed by atoms with Crippen molar-refractivity contribution in [1.82, 2.24) is 4.90 Å². The number of amides is 2. The molecule has 1 N–H and O–H groups in total. The Morgan fingerprint density at radius 1 is 1.03 bits per heavy atom. The van der Waals surface area contributed by atoms with E-state index in [0.29, 0.717) is 24.9 Å². The van der Waals surface area contributed by atoms with Crippen molar-refractivity contribution >= 4 is 40.3 Å². The van der Waals surface area contributed by atoms with Crippen LogP contribution in [0.25, 0.3) is 0 Å². The molecule has 166 valence electrons. The summed E-state index contributed by atoms with van der Waals surface area (Å²) < 4.78 is 15.2. The smallest absolute Gasteiger partial charge is 0.348 e. The lowest BCUT2D eigenvalue weighted by atomic mass is 9.98. The van der Waals surface area contributed by atoms with Crippen LogP contribution in [-0.2, 0) is 19.0 Å². The zero-order valence-electron chi connectivity index (χ0n) is 17.7. The van der Waals surface area contributed by atoms with Crippen molar-refractivity contribution < 1.29 is 33.4 Å². The summed E-state index contributed by atoms with van der Waals surface area (Å²) in [5, 5.41) is 2.93. The summed E-state index contributed by atoms with van der Waals surface area (Å²) in [5.74, 6) is -1.89. The number of rotatable bonds is 7. The number of hydrogen-bond acceptors (Lipinski definition) is 8. The van der Waals surface area contributed by atoms with E-state index in [-0.39, 0.29) is 53.7 Å². The van der Waals surface area contributed by atoms with Crippen LogP contribution >= 0.6 is 11.3 Å². The molecule has 0 radical (unpaired) electrons. The summed E-state index contributed by atoms with van der Waals surface area (Å²) in [7, 11) is 0. The van der Waals surface area contributed by atoms with E-state index in [4.69, 9.17) is 14.2 Å². The molecule has 0 unspecified atom stereocenters. The monoisotopic (exact) mass is 440 g/mol. The molecule has 0 aromatic carbocycles. The van der Waals surface area contributed by atoms with E-state index >= 15 is 0 Å². The van der Waals surface area contributed by atoms with Gasteiger partial charge in [0.15, 0.2) is 0 Å². The van der Waals surface area contributed by atoms with E-state index in [0.717, 1.165) is 11.3 Å². The number of carbonyl (C=O) groups excluding carboxylic acids is 4. The van der Waals surface area contributed by atoms with Gasteiger partial charge in [0.2, 0.25) is 0 Å². The predicted molar refractivity (Wildman–Crippen MR) is 111 cm³/mol. The Kier molecular flexibility index (Phi) is 8.64. The molecular formula is C20H28N2O7S. The fourth-order valence-electron chi connectivity index (χ4n) is 3.23. The highest BCUT2D eigenvalue weighted by Gasteiger charge is 2.32. The Bertz CT molecular complexity index is 805. The van der Waals surface area contributed by atoms with Crippen molar-refractivity contribution in [1.29, 1.82) is 0 Å². The van der Waals surface area contributed by atoms with Crippen LogP contribution in [0.4, 0.5) is 9.80 Å². The van der Waals surface area contributed by atoms with Gasteiger partial charge in [-0.3, -0.25) is 10.1 Å². The average Bonchev–Trinajstić information content (AvgIpc) is 3.04. The third-order valence-corrected chi connectivity index (χ3v) is 5.82. The maximum Gasteiger partial charge on any atom is 0.348 e. The fourth-order valence-corrected chi connectivity index (χ4v) is 4.31. The summed E-state index contributed by atoms with van der Waals surface area (Å²) in [5.41, 5.74) is 0.535. The van der Waals surface area contributed by atoms with Gasteiger partial charge < -0.3 is 19.1 Å². The fraction of sp³-hybridized carbons (Fsp3) is 0.600. The Hall–Kier alpha value is -2.62. The number of nitrogens with zero attached hydrogens (tertiary/aromatic N) is 1. The second-order valence-corrected chi connectivity index (χ2v) is 7.69. The zero-order chi connectivity index (χ0) is 22.3. The first kappa shape index (κ1) is 23.7. The number of carbonyl (C=O) groups is 4. The molecule has 0 aliphatic carbocycles. The van der Waals surface area contributed by atoms with Gasteiger partial charge >= 0.3 is 23.9 Å². The summed E-state index contributed by atoms with van der Waals surface area (Å²) in [4.78, 5) is 51.3. The molecule has 0 spiro atoms. The maximum atomic E-state index is 12.8. The van der Waals surface area contributed by atoms with E-state index in [2.05, 4.69) is 5.32 Å². The normalized spacial score (nSPS) is 16.0. The first-order valence-corrected chi connectivity index (χ1v) is 10.9. The molecule has 1 aliphatic heterocycles. The Balaban J connectivity index is 2.24. The highest BCUT2D eigenvalue weighted by Crippen LogP contribution is 2.35. The van der Waals surface area contributed by atoms with Gasteiger partial charge in [-0.25, -0.2) is 14.4 Å². The van der Waals surface area contributed by atoms with Crippen LogP contribution < -0.4 is 5.32 Å². The Morgan fingerprint density at radius 2 is 1.67 bits per heavy atom. The van der Waals surface area contributed by atoms with Gasteiger partial charge in [0.1, 0.15) is 9.88 Å². The summed E-state index contributed by atoms with van der Waals surface area (Å²) in [6, 6.07) is -0.453. The van der Waals surface area contributed by atoms with Crippen LogP contribution in [0.2, 0.25) is 0 Å². The van der Waals surface area contributed by atoms with E-state index in [1.54, 1.807) is 27.7 Å². The number of likely N-dealkylation sites (tertiary alicyclic amines) is 1. The molecule has 0 bridgehead atoms. The minimum atomic E-state index is -0.625.